The molecule has 0 aliphatic carbocycles. The Bertz CT molecular complexity index is 1300. The lowest BCUT2D eigenvalue weighted by Crippen LogP contribution is -2.55. The van der Waals surface area contributed by atoms with Crippen molar-refractivity contribution >= 4 is 38.7 Å². The van der Waals surface area contributed by atoms with Crippen LogP contribution in [0.5, 0.6) is 6.01 Å². The minimum absolute atomic E-state index is 0.0401. The number of fused-ring (bicyclic) bond motifs is 6. The fourth-order valence-electron chi connectivity index (χ4n) is 7.43. The van der Waals surface area contributed by atoms with Gasteiger partial charge in [0.25, 0.3) is 0 Å². The summed E-state index contributed by atoms with van der Waals surface area (Å²) in [6.45, 7) is 3.76. The van der Waals surface area contributed by atoms with E-state index in [9.17, 15) is 9.90 Å². The second kappa shape index (κ2) is 9.14. The molecule has 4 unspecified atom stereocenters. The molecular weight excluding hydrogens is 561 g/mol. The van der Waals surface area contributed by atoms with Crippen LogP contribution < -0.4 is 9.64 Å². The number of likely N-dealkylation sites (tertiary alicyclic amines) is 1. The minimum Gasteiger partial charge on any atom is -0.465 e. The van der Waals surface area contributed by atoms with Crippen molar-refractivity contribution in [3.8, 4) is 6.01 Å². The number of methoxy groups -OCH3 is 1. The molecule has 5 aliphatic rings. The molecule has 1 aromatic carbocycles. The highest BCUT2D eigenvalue weighted by molar-refractivity contribution is 9.10. The molecule has 12 heteroatoms. The molecule has 6 heterocycles. The summed E-state index contributed by atoms with van der Waals surface area (Å²) < 4.78 is 33.9. The second-order valence-electron chi connectivity index (χ2n) is 11.2. The third-order valence-electron chi connectivity index (χ3n) is 9.27. The lowest BCUT2D eigenvalue weighted by molar-refractivity contribution is 0.0997. The van der Waals surface area contributed by atoms with Crippen molar-refractivity contribution in [3.05, 3.63) is 21.4 Å². The fraction of sp³-hybridized carbons (Fsp3) is 0.654. The molecule has 0 radical (unpaired) electrons. The van der Waals surface area contributed by atoms with Crippen LogP contribution in [-0.4, -0.2) is 94.6 Å². The van der Waals surface area contributed by atoms with Crippen molar-refractivity contribution in [1.29, 1.82) is 0 Å². The van der Waals surface area contributed by atoms with Gasteiger partial charge < -0.3 is 29.1 Å². The Morgan fingerprint density at radius 2 is 1.97 bits per heavy atom. The molecule has 2 bridgehead atoms. The lowest BCUT2D eigenvalue weighted by Gasteiger charge is -2.41. The molecule has 1 amide bonds. The summed E-state index contributed by atoms with van der Waals surface area (Å²) in [6.07, 6.45) is 3.97. The van der Waals surface area contributed by atoms with Crippen molar-refractivity contribution in [1.82, 2.24) is 19.8 Å². The third kappa shape index (κ3) is 3.70. The number of benzene rings is 1. The first-order chi connectivity index (χ1) is 18.4. The van der Waals surface area contributed by atoms with E-state index in [1.165, 1.54) is 4.90 Å². The highest BCUT2D eigenvalue weighted by Gasteiger charge is 2.49. The van der Waals surface area contributed by atoms with E-state index in [4.69, 9.17) is 19.2 Å². The first-order valence-corrected chi connectivity index (χ1v) is 14.1. The first kappa shape index (κ1) is 24.7. The number of nitrogens with zero attached hydrogens (tertiary/aromatic N) is 5. The molecule has 1 N–H and O–H groups in total. The van der Waals surface area contributed by atoms with Crippen LogP contribution in [-0.2, 0) is 22.7 Å². The highest BCUT2D eigenvalue weighted by atomic mass is 79.9. The lowest BCUT2D eigenvalue weighted by atomic mass is 9.94. The summed E-state index contributed by atoms with van der Waals surface area (Å²) in [7, 11) is 1.75. The zero-order valence-electron chi connectivity index (χ0n) is 21.3. The molecule has 7 rings (SSSR count). The van der Waals surface area contributed by atoms with Gasteiger partial charge in [0.2, 0.25) is 0 Å². The van der Waals surface area contributed by atoms with Crippen LogP contribution in [0.15, 0.2) is 4.47 Å². The number of aromatic nitrogens is 2. The second-order valence-corrected chi connectivity index (χ2v) is 12.0. The van der Waals surface area contributed by atoms with Crippen LogP contribution in [0.1, 0.15) is 43.2 Å². The van der Waals surface area contributed by atoms with Crippen molar-refractivity contribution in [2.75, 3.05) is 44.8 Å². The molecular formula is C26H31BrFN5O5. The molecule has 10 nitrogen and oxygen atoms in total. The summed E-state index contributed by atoms with van der Waals surface area (Å²) in [6, 6.07) is 0.0719. The van der Waals surface area contributed by atoms with Crippen LogP contribution in [0.4, 0.5) is 15.0 Å². The molecule has 38 heavy (non-hydrogen) atoms. The van der Waals surface area contributed by atoms with E-state index in [1.807, 2.05) is 0 Å². The zero-order valence-corrected chi connectivity index (χ0v) is 22.9. The van der Waals surface area contributed by atoms with Crippen LogP contribution in [0, 0.1) is 5.82 Å². The average Bonchev–Trinajstić information content (AvgIpc) is 3.67. The van der Waals surface area contributed by atoms with Gasteiger partial charge in [-0.15, -0.1) is 0 Å². The Hall–Kier alpha value is -2.28. The minimum atomic E-state index is -0.909. The summed E-state index contributed by atoms with van der Waals surface area (Å²) in [5.74, 6) is 0.174. The van der Waals surface area contributed by atoms with E-state index in [0.717, 1.165) is 56.3 Å². The number of ether oxygens (including phenoxy) is 3. The topological polar surface area (TPSA) is 100 Å². The Balaban J connectivity index is 1.31. The van der Waals surface area contributed by atoms with E-state index in [2.05, 4.69) is 30.7 Å². The zero-order chi connectivity index (χ0) is 26.2. The van der Waals surface area contributed by atoms with Gasteiger partial charge in [0.05, 0.1) is 34.7 Å². The van der Waals surface area contributed by atoms with E-state index in [1.54, 1.807) is 7.11 Å². The van der Waals surface area contributed by atoms with Gasteiger partial charge in [-0.2, -0.15) is 9.97 Å². The Morgan fingerprint density at radius 1 is 1.21 bits per heavy atom. The van der Waals surface area contributed by atoms with Gasteiger partial charge in [-0.1, -0.05) is 0 Å². The molecule has 0 spiro atoms. The molecule has 204 valence electrons. The van der Waals surface area contributed by atoms with Crippen LogP contribution >= 0.6 is 15.9 Å². The largest absolute Gasteiger partial charge is 0.465 e. The normalized spacial score (nSPS) is 30.3. The van der Waals surface area contributed by atoms with Crippen molar-refractivity contribution in [2.24, 2.45) is 0 Å². The number of hydrogen-bond acceptors (Lipinski definition) is 8. The molecule has 4 fully saturated rings. The molecule has 1 aromatic heterocycles. The molecule has 4 atom stereocenters. The monoisotopic (exact) mass is 591 g/mol. The third-order valence-corrected chi connectivity index (χ3v) is 10.1. The number of amides is 1. The van der Waals surface area contributed by atoms with Crippen LogP contribution in [0.2, 0.25) is 0 Å². The standard InChI is InChI=1S/C26H31BrFN5O5/c1-36-16-7-26(5-2-6-32(26)10-16)13-38-24-29-22-19(17-11-37-12-18(17)20(27)21(22)28)23(30-24)33-14-3-4-15(33)9-31(8-14)25(34)35/h14-16H,2-13H2,1H3,(H,34,35). The maximum absolute atomic E-state index is 15.8. The van der Waals surface area contributed by atoms with Gasteiger partial charge >= 0.3 is 12.1 Å². The maximum atomic E-state index is 15.8. The van der Waals surface area contributed by atoms with Gasteiger partial charge in [0.1, 0.15) is 17.9 Å². The molecule has 5 aliphatic heterocycles. The van der Waals surface area contributed by atoms with Gasteiger partial charge in [-0.05, 0) is 60.1 Å². The van der Waals surface area contributed by atoms with Crippen LogP contribution in [0.3, 0.4) is 0 Å². The molecule has 0 saturated carbocycles. The van der Waals surface area contributed by atoms with Crippen molar-refractivity contribution in [2.45, 2.75) is 69.0 Å². The Kier molecular flexibility index (Phi) is 5.95. The predicted octanol–water partition coefficient (Wildman–Crippen LogP) is 3.52. The van der Waals surface area contributed by atoms with Crippen molar-refractivity contribution < 1.29 is 28.5 Å². The van der Waals surface area contributed by atoms with E-state index >= 15 is 4.39 Å². The fourth-order valence-corrected chi connectivity index (χ4v) is 7.97. The number of carboxylic acid groups (broad SMARTS) is 1. The SMILES string of the molecule is COC1CN2CCCC2(COc2nc(N3C4CCC3CN(C(=O)O)C4)c3c4c(c(Br)c(F)c3n2)COC4)C1. The van der Waals surface area contributed by atoms with Gasteiger partial charge in [-0.3, -0.25) is 4.90 Å². The van der Waals surface area contributed by atoms with Gasteiger partial charge in [0.15, 0.2) is 5.82 Å². The quantitative estimate of drug-likeness (QED) is 0.559. The Labute approximate surface area is 228 Å². The highest BCUT2D eigenvalue weighted by Crippen LogP contribution is 2.45. The van der Waals surface area contributed by atoms with E-state index in [-0.39, 0.29) is 35.3 Å². The average molecular weight is 592 g/mol. The number of rotatable bonds is 5. The number of hydrogen-bond donors (Lipinski definition) is 1. The number of anilines is 1. The smallest absolute Gasteiger partial charge is 0.407 e. The number of piperazine rings is 1. The maximum Gasteiger partial charge on any atom is 0.407 e. The molecule has 4 saturated heterocycles. The molecule has 2 aromatic rings. The van der Waals surface area contributed by atoms with Gasteiger partial charge in [-0.25, -0.2) is 9.18 Å². The van der Waals surface area contributed by atoms with E-state index in [0.29, 0.717) is 48.6 Å². The summed E-state index contributed by atoms with van der Waals surface area (Å²) in [5.41, 5.74) is 1.75. The predicted molar refractivity (Wildman–Crippen MR) is 139 cm³/mol. The number of carbonyl (C=O) groups is 1. The van der Waals surface area contributed by atoms with E-state index < -0.39 is 11.9 Å². The summed E-state index contributed by atoms with van der Waals surface area (Å²) in [4.78, 5) is 27.4. The Morgan fingerprint density at radius 3 is 2.71 bits per heavy atom. The number of halogens is 2. The summed E-state index contributed by atoms with van der Waals surface area (Å²) in [5, 5.41) is 10.3. The van der Waals surface area contributed by atoms with Gasteiger partial charge in [0, 0.05) is 44.4 Å². The van der Waals surface area contributed by atoms with Crippen molar-refractivity contribution in [3.63, 3.8) is 0 Å². The first-order valence-electron chi connectivity index (χ1n) is 13.3. The summed E-state index contributed by atoms with van der Waals surface area (Å²) >= 11 is 3.44. The van der Waals surface area contributed by atoms with Crippen LogP contribution in [0.25, 0.3) is 10.9 Å².